The molecule has 1 aliphatic rings. The Bertz CT molecular complexity index is 1360. The van der Waals surface area contributed by atoms with E-state index in [1.165, 1.54) is 132 Å². The first kappa shape index (κ1) is 46.0. The Balaban J connectivity index is 1.35. The lowest BCUT2D eigenvalue weighted by molar-refractivity contribution is -0.0825. The lowest BCUT2D eigenvalue weighted by Gasteiger charge is -2.26. The first-order valence-corrected chi connectivity index (χ1v) is 22.1. The highest BCUT2D eigenvalue weighted by molar-refractivity contribution is 7.47. The number of nitriles is 1. The van der Waals surface area contributed by atoms with Crippen LogP contribution in [0.1, 0.15) is 154 Å². The maximum atomic E-state index is 12.9. The summed E-state index contributed by atoms with van der Waals surface area (Å²) in [6, 6.07) is 3.04. The molecule has 2 aromatic heterocycles. The summed E-state index contributed by atoms with van der Waals surface area (Å²) in [5.74, 6) is 0.590. The molecule has 15 heteroatoms. The summed E-state index contributed by atoms with van der Waals surface area (Å²) in [5.41, 5.74) is 6.39. The number of nitrogen functional groups attached to an aromatic ring is 1. The third-order valence-corrected chi connectivity index (χ3v) is 11.2. The van der Waals surface area contributed by atoms with Crippen molar-refractivity contribution in [3.63, 3.8) is 0 Å². The minimum absolute atomic E-state index is 0.138. The van der Waals surface area contributed by atoms with Crippen LogP contribution in [0.3, 0.4) is 0 Å². The van der Waals surface area contributed by atoms with Crippen molar-refractivity contribution >= 4 is 19.2 Å². The summed E-state index contributed by atoms with van der Waals surface area (Å²) in [6.45, 7) is 2.56. The molecule has 14 nitrogen and oxygen atoms in total. The summed E-state index contributed by atoms with van der Waals surface area (Å²) < 4.78 is 41.6. The van der Waals surface area contributed by atoms with Crippen molar-refractivity contribution in [2.24, 2.45) is 5.92 Å². The van der Waals surface area contributed by atoms with E-state index in [9.17, 15) is 19.7 Å². The fourth-order valence-electron chi connectivity index (χ4n) is 6.96. The molecular weight excluding hydrogens is 713 g/mol. The van der Waals surface area contributed by atoms with E-state index in [0.717, 1.165) is 25.7 Å². The number of hydrogen-bond donors (Lipinski definition) is 4. The molecule has 0 radical (unpaired) electrons. The Kier molecular flexibility index (Phi) is 23.3. The van der Waals surface area contributed by atoms with Gasteiger partial charge in [-0.25, -0.2) is 14.1 Å². The second-order valence-corrected chi connectivity index (χ2v) is 16.2. The molecule has 5 N–H and O–H groups in total. The second-order valence-electron chi connectivity index (χ2n) is 14.8. The zero-order chi connectivity index (χ0) is 38.9. The van der Waals surface area contributed by atoms with Crippen LogP contribution in [0.5, 0.6) is 0 Å². The zero-order valence-corrected chi connectivity index (χ0v) is 33.5. The van der Waals surface area contributed by atoms with Crippen LogP contribution in [-0.2, 0) is 27.8 Å². The van der Waals surface area contributed by atoms with Gasteiger partial charge in [0.25, 0.3) is 6.26 Å². The molecule has 54 heavy (non-hydrogen) atoms. The molecule has 0 aliphatic heterocycles. The van der Waals surface area contributed by atoms with Crippen LogP contribution in [0.4, 0.5) is 5.82 Å². The number of aliphatic hydroxyl groups excluding tert-OH is 2. The molecule has 3 rings (SSSR count). The van der Waals surface area contributed by atoms with Crippen molar-refractivity contribution < 1.29 is 42.9 Å². The van der Waals surface area contributed by atoms with Gasteiger partial charge in [0.2, 0.25) is 0 Å². The lowest BCUT2D eigenvalue weighted by Crippen LogP contribution is -2.37. The summed E-state index contributed by atoms with van der Waals surface area (Å²) in [7, 11) is -4.69. The Hall–Kier alpha value is -2.34. The fourth-order valence-corrected chi connectivity index (χ4v) is 7.73. The third kappa shape index (κ3) is 18.1. The number of ether oxygens (including phenoxy) is 3. The van der Waals surface area contributed by atoms with Crippen LogP contribution < -0.4 is 5.73 Å². The summed E-state index contributed by atoms with van der Waals surface area (Å²) in [4.78, 5) is 14.4. The van der Waals surface area contributed by atoms with Gasteiger partial charge >= 0.3 is 7.82 Å². The highest BCUT2D eigenvalue weighted by Crippen LogP contribution is 2.44. The van der Waals surface area contributed by atoms with Crippen LogP contribution in [0.15, 0.2) is 18.5 Å². The molecule has 0 amide bonds. The van der Waals surface area contributed by atoms with Gasteiger partial charge in [-0.1, -0.05) is 122 Å². The molecule has 5 atom stereocenters. The van der Waals surface area contributed by atoms with Crippen LogP contribution in [0, 0.1) is 17.4 Å². The molecule has 2 aromatic rings. The van der Waals surface area contributed by atoms with Gasteiger partial charge in [-0.3, -0.25) is 9.05 Å². The largest absolute Gasteiger partial charge is 0.472 e. The normalized spacial score (nSPS) is 17.2. The number of phosphoric ester groups is 1. The fraction of sp³-hybridized carbons (Fsp3) is 0.821. The monoisotopic (exact) mass is 781 g/mol. The van der Waals surface area contributed by atoms with E-state index in [4.69, 9.17) is 34.3 Å². The SMILES string of the molecule is CCCCCCCCCCCCCCCCCCOC[C@H](COP(=O)(O)OC[C@@H](OC#N)[C@@H](O)[C@@H](O)c1ccc2c(N)ncnn12)OCC1CCCCC1. The van der Waals surface area contributed by atoms with Gasteiger partial charge < -0.3 is 35.1 Å². The molecule has 1 unspecified atom stereocenters. The van der Waals surface area contributed by atoms with Gasteiger partial charge in [-0.15, -0.1) is 0 Å². The number of nitrogens with zero attached hydrogens (tertiary/aromatic N) is 4. The van der Waals surface area contributed by atoms with Crippen molar-refractivity contribution in [1.29, 1.82) is 5.26 Å². The predicted octanol–water partition coefficient (Wildman–Crippen LogP) is 7.95. The minimum atomic E-state index is -4.69. The highest BCUT2D eigenvalue weighted by Gasteiger charge is 2.35. The number of unbranched alkanes of at least 4 members (excludes halogenated alkanes) is 15. The standard InChI is InChI=1S/C39H68N5O9P/c1-2-3-4-5-6-7-8-9-10-11-12-13-14-15-16-20-25-49-27-33(50-26-32-21-18-17-19-22-32)28-52-54(47,48)53-29-36(51-30-40)38(46)37(45)34-23-24-35-39(41)42-31-43-44(34)35/h23-24,31-33,36-38,45-46H,2-22,25-29H2,1H3,(H,47,48)(H2,41,42,43)/t33-,36-,37+,38-/m1/s1. The Morgan fingerprint density at radius 2 is 1.48 bits per heavy atom. The van der Waals surface area contributed by atoms with Crippen molar-refractivity contribution in [3.8, 4) is 6.26 Å². The number of phosphoric acid groups is 1. The Labute approximate surface area is 322 Å². The summed E-state index contributed by atoms with van der Waals surface area (Å²) >= 11 is 0. The van der Waals surface area contributed by atoms with Gasteiger partial charge in [0, 0.05) is 13.2 Å². The summed E-state index contributed by atoms with van der Waals surface area (Å²) in [5, 5.41) is 34.9. The topological polar surface area (TPSA) is 204 Å². The van der Waals surface area contributed by atoms with E-state index in [2.05, 4.69) is 17.0 Å². The zero-order valence-electron chi connectivity index (χ0n) is 32.6. The smallest absolute Gasteiger partial charge is 0.419 e. The molecule has 0 spiro atoms. The van der Waals surface area contributed by atoms with Crippen LogP contribution in [-0.4, -0.2) is 81.1 Å². The van der Waals surface area contributed by atoms with Crippen molar-refractivity contribution in [2.45, 2.75) is 166 Å². The Morgan fingerprint density at radius 1 is 0.889 bits per heavy atom. The van der Waals surface area contributed by atoms with E-state index >= 15 is 0 Å². The van der Waals surface area contributed by atoms with Crippen LogP contribution >= 0.6 is 7.82 Å². The predicted molar refractivity (Wildman–Crippen MR) is 207 cm³/mol. The van der Waals surface area contributed by atoms with E-state index < -0.39 is 38.8 Å². The highest BCUT2D eigenvalue weighted by atomic mass is 31.2. The number of anilines is 1. The molecule has 0 bridgehead atoms. The quantitative estimate of drug-likeness (QED) is 0.0317. The maximum Gasteiger partial charge on any atom is 0.472 e. The van der Waals surface area contributed by atoms with Gasteiger partial charge in [0.1, 0.15) is 30.2 Å². The third-order valence-electron chi connectivity index (χ3n) is 10.3. The molecule has 308 valence electrons. The van der Waals surface area contributed by atoms with Gasteiger partial charge in [0.05, 0.1) is 25.5 Å². The maximum absolute atomic E-state index is 12.9. The molecule has 1 aliphatic carbocycles. The first-order valence-electron chi connectivity index (χ1n) is 20.6. The van der Waals surface area contributed by atoms with E-state index in [-0.39, 0.29) is 24.7 Å². The van der Waals surface area contributed by atoms with Gasteiger partial charge in [0.15, 0.2) is 11.9 Å². The number of aromatic nitrogens is 3. The van der Waals surface area contributed by atoms with Crippen molar-refractivity contribution in [1.82, 2.24) is 14.6 Å². The molecule has 1 saturated carbocycles. The number of fused-ring (bicyclic) bond motifs is 1. The van der Waals surface area contributed by atoms with Gasteiger partial charge in [-0.05, 0) is 37.3 Å². The molecule has 2 heterocycles. The lowest BCUT2D eigenvalue weighted by atomic mass is 9.90. The molecule has 0 aromatic carbocycles. The number of aliphatic hydroxyl groups is 2. The van der Waals surface area contributed by atoms with E-state index in [1.54, 1.807) is 6.07 Å². The van der Waals surface area contributed by atoms with Crippen molar-refractivity contribution in [2.75, 3.05) is 38.8 Å². The van der Waals surface area contributed by atoms with Gasteiger partial charge in [-0.2, -0.15) is 10.4 Å². The number of hydrogen-bond acceptors (Lipinski definition) is 12. The van der Waals surface area contributed by atoms with E-state index in [1.807, 2.05) is 0 Å². The average Bonchev–Trinajstić information content (AvgIpc) is 3.62. The van der Waals surface area contributed by atoms with Crippen molar-refractivity contribution in [3.05, 3.63) is 24.2 Å². The molecule has 0 saturated heterocycles. The minimum Gasteiger partial charge on any atom is -0.419 e. The molecular formula is C39H68N5O9P. The average molecular weight is 782 g/mol. The van der Waals surface area contributed by atoms with Crippen LogP contribution in [0.2, 0.25) is 0 Å². The Morgan fingerprint density at radius 3 is 2.09 bits per heavy atom. The second kappa shape index (κ2) is 27.3. The van der Waals surface area contributed by atoms with E-state index in [0.29, 0.717) is 24.6 Å². The summed E-state index contributed by atoms with van der Waals surface area (Å²) in [6.07, 6.45) is 23.7. The van der Waals surface area contributed by atoms with Crippen LogP contribution in [0.25, 0.3) is 5.52 Å². The number of nitrogens with two attached hydrogens (primary N) is 1. The number of rotatable bonds is 32. The first-order chi connectivity index (χ1) is 26.3. The molecule has 1 fully saturated rings.